The van der Waals surface area contributed by atoms with E-state index >= 15 is 0 Å². The highest BCUT2D eigenvalue weighted by Crippen LogP contribution is 2.05. The molecule has 0 radical (unpaired) electrons. The van der Waals surface area contributed by atoms with Gasteiger partial charge in [-0.2, -0.15) is 5.26 Å². The number of rotatable bonds is 4. The van der Waals surface area contributed by atoms with E-state index in [2.05, 4.69) is 44.1 Å². The number of hydrogen-bond acceptors (Lipinski definition) is 1. The maximum Gasteiger partial charge on any atom is 0.0925 e. The van der Waals surface area contributed by atoms with E-state index in [1.165, 1.54) is 6.08 Å². The summed E-state index contributed by atoms with van der Waals surface area (Å²) in [5.74, 6) is 6.15. The van der Waals surface area contributed by atoms with Crippen molar-refractivity contribution >= 4 is 8.07 Å². The summed E-state index contributed by atoms with van der Waals surface area (Å²) in [7, 11) is -1.20. The van der Waals surface area contributed by atoms with Crippen LogP contribution in [0.1, 0.15) is 26.2 Å². The third-order valence-electron chi connectivity index (χ3n) is 1.87. The quantitative estimate of drug-likeness (QED) is 0.235. The maximum absolute atomic E-state index is 8.65. The lowest BCUT2D eigenvalue weighted by Crippen LogP contribution is -2.15. The summed E-state index contributed by atoms with van der Waals surface area (Å²) in [6, 6.07) is 2.04. The predicted octanol–water partition coefficient (Wildman–Crippen LogP) is 4.06. The minimum Gasteiger partial charge on any atom is -0.193 e. The first kappa shape index (κ1) is 14.7. The van der Waals surface area contributed by atoms with E-state index in [1.807, 2.05) is 12.1 Å². The molecule has 0 fully saturated rings. The van der Waals surface area contributed by atoms with E-state index < -0.39 is 8.07 Å². The molecule has 0 aromatic rings. The third-order valence-corrected chi connectivity index (χ3v) is 3.04. The Kier molecular flexibility index (Phi) is 7.34. The summed E-state index contributed by atoms with van der Waals surface area (Å²) in [5, 5.41) is 8.65. The van der Waals surface area contributed by atoms with Crippen molar-refractivity contribution in [3.05, 3.63) is 23.4 Å². The third kappa shape index (κ3) is 9.31. The maximum atomic E-state index is 8.65. The summed E-state index contributed by atoms with van der Waals surface area (Å²) in [5.41, 5.74) is 3.05. The van der Waals surface area contributed by atoms with E-state index in [0.29, 0.717) is 0 Å². The second-order valence-electron chi connectivity index (χ2n) is 4.83. The van der Waals surface area contributed by atoms with Crippen molar-refractivity contribution in [1.82, 2.24) is 0 Å². The van der Waals surface area contributed by atoms with Gasteiger partial charge >= 0.3 is 0 Å². The van der Waals surface area contributed by atoms with Gasteiger partial charge in [-0.3, -0.25) is 0 Å². The van der Waals surface area contributed by atoms with Crippen LogP contribution in [0.5, 0.6) is 0 Å². The fourth-order valence-corrected chi connectivity index (χ4v) is 1.64. The average Bonchev–Trinajstić information content (AvgIpc) is 2.19. The van der Waals surface area contributed by atoms with Gasteiger partial charge in [-0.15, -0.1) is 0 Å². The number of nitriles is 1. The van der Waals surface area contributed by atoms with Gasteiger partial charge in [0.2, 0.25) is 0 Å². The molecule has 0 atom stereocenters. The molecule has 0 aliphatic rings. The summed E-state index contributed by atoms with van der Waals surface area (Å²) in [4.78, 5) is 0. The van der Waals surface area contributed by atoms with Gasteiger partial charge in [-0.1, -0.05) is 56.6 Å². The normalized spacial score (nSPS) is 12.1. The molecular weight excluding hydrogens is 210 g/mol. The Morgan fingerprint density at radius 1 is 1.31 bits per heavy atom. The highest BCUT2D eigenvalue weighted by atomic mass is 28.3. The molecule has 0 saturated carbocycles. The Bertz CT molecular complexity index is 353. The average molecular weight is 231 g/mol. The van der Waals surface area contributed by atoms with Crippen molar-refractivity contribution in [3.63, 3.8) is 0 Å². The van der Waals surface area contributed by atoms with Gasteiger partial charge in [-0.05, 0) is 6.42 Å². The van der Waals surface area contributed by atoms with Crippen LogP contribution in [0.3, 0.4) is 0 Å². The van der Waals surface area contributed by atoms with E-state index in [9.17, 15) is 0 Å². The molecule has 16 heavy (non-hydrogen) atoms. The highest BCUT2D eigenvalue weighted by Gasteiger charge is 2.06. The molecule has 0 heterocycles. The predicted molar refractivity (Wildman–Crippen MR) is 73.5 cm³/mol. The topological polar surface area (TPSA) is 23.8 Å². The molecule has 0 aliphatic heterocycles. The Morgan fingerprint density at radius 2 is 2.00 bits per heavy atom. The second kappa shape index (κ2) is 7.96. The highest BCUT2D eigenvalue weighted by molar-refractivity contribution is 6.81. The Balaban J connectivity index is 4.53. The van der Waals surface area contributed by atoms with Gasteiger partial charge in [0, 0.05) is 18.1 Å². The van der Waals surface area contributed by atoms with Gasteiger partial charge in [0.1, 0.15) is 0 Å². The van der Waals surface area contributed by atoms with E-state index in [1.54, 1.807) is 0 Å². The minimum atomic E-state index is -1.20. The van der Waals surface area contributed by atoms with Crippen molar-refractivity contribution in [2.75, 3.05) is 0 Å². The lowest BCUT2D eigenvalue weighted by molar-refractivity contribution is 0.828. The molecule has 0 aromatic carbocycles. The first-order valence-corrected chi connectivity index (χ1v) is 9.35. The molecule has 0 N–H and O–H groups in total. The molecule has 0 unspecified atom stereocenters. The van der Waals surface area contributed by atoms with Gasteiger partial charge in [-0.25, -0.2) is 0 Å². The molecule has 0 aromatic heterocycles. The Hall–Kier alpha value is -1.25. The Morgan fingerprint density at radius 3 is 2.50 bits per heavy atom. The van der Waals surface area contributed by atoms with Crippen molar-refractivity contribution in [3.8, 4) is 17.9 Å². The number of allylic oxidation sites excluding steroid dienone is 3. The molecule has 0 aliphatic carbocycles. The summed E-state index contributed by atoms with van der Waals surface area (Å²) in [6.45, 7) is 8.94. The Labute approximate surface area is 101 Å². The minimum absolute atomic E-state index is 0.834. The molecule has 0 spiro atoms. The van der Waals surface area contributed by atoms with E-state index in [0.717, 1.165) is 24.8 Å². The van der Waals surface area contributed by atoms with Crippen molar-refractivity contribution in [2.45, 2.75) is 45.8 Å². The SMILES string of the molecule is CCCCC#CC(=C\C#N)/C=C/[Si](C)(C)C. The lowest BCUT2D eigenvalue weighted by atomic mass is 10.2. The van der Waals surface area contributed by atoms with Crippen LogP contribution in [-0.4, -0.2) is 8.07 Å². The molecule has 1 nitrogen and oxygen atoms in total. The largest absolute Gasteiger partial charge is 0.193 e. The molecule has 0 rings (SSSR count). The number of unbranched alkanes of at least 4 members (excludes halogenated alkanes) is 2. The molecule has 0 bridgehead atoms. The van der Waals surface area contributed by atoms with E-state index in [-0.39, 0.29) is 0 Å². The summed E-state index contributed by atoms with van der Waals surface area (Å²) >= 11 is 0. The van der Waals surface area contributed by atoms with Crippen molar-refractivity contribution < 1.29 is 0 Å². The van der Waals surface area contributed by atoms with Crippen molar-refractivity contribution in [2.24, 2.45) is 0 Å². The van der Waals surface area contributed by atoms with Crippen LogP contribution in [0, 0.1) is 23.2 Å². The summed E-state index contributed by atoms with van der Waals surface area (Å²) < 4.78 is 0. The zero-order chi connectivity index (χ0) is 12.4. The molecule has 0 saturated heterocycles. The molecule has 0 amide bonds. The first-order chi connectivity index (χ1) is 7.49. The van der Waals surface area contributed by atoms with Crippen LogP contribution in [0.4, 0.5) is 0 Å². The zero-order valence-electron chi connectivity index (χ0n) is 10.8. The van der Waals surface area contributed by atoms with Gasteiger partial charge < -0.3 is 0 Å². The fourth-order valence-electron chi connectivity index (χ4n) is 0.965. The van der Waals surface area contributed by atoms with Crippen LogP contribution >= 0.6 is 0 Å². The smallest absolute Gasteiger partial charge is 0.0925 e. The van der Waals surface area contributed by atoms with Crippen LogP contribution in [0.15, 0.2) is 23.4 Å². The lowest BCUT2D eigenvalue weighted by Gasteiger charge is -2.07. The second-order valence-corrected chi connectivity index (χ2v) is 9.90. The monoisotopic (exact) mass is 231 g/mol. The van der Waals surface area contributed by atoms with Gasteiger partial charge in [0.15, 0.2) is 0 Å². The van der Waals surface area contributed by atoms with Gasteiger partial charge in [0.25, 0.3) is 0 Å². The van der Waals surface area contributed by atoms with Gasteiger partial charge in [0.05, 0.1) is 14.1 Å². The van der Waals surface area contributed by atoms with Crippen LogP contribution in [0.2, 0.25) is 19.6 Å². The first-order valence-electron chi connectivity index (χ1n) is 5.77. The van der Waals surface area contributed by atoms with E-state index in [4.69, 9.17) is 5.26 Å². The number of nitrogens with zero attached hydrogens (tertiary/aromatic N) is 1. The summed E-state index contributed by atoms with van der Waals surface area (Å²) in [6.07, 6.45) is 6.73. The molecule has 2 heteroatoms. The van der Waals surface area contributed by atoms with Crippen LogP contribution in [-0.2, 0) is 0 Å². The van der Waals surface area contributed by atoms with Crippen LogP contribution < -0.4 is 0 Å². The van der Waals surface area contributed by atoms with Crippen LogP contribution in [0.25, 0.3) is 0 Å². The standard InChI is InChI=1S/C14H21NSi/c1-5-6-7-8-9-14(10-12-15)11-13-16(2,3)4/h10-11,13H,5-7H2,1-4H3/b13-11+,14-10+. The number of hydrogen-bond donors (Lipinski definition) is 0. The fraction of sp³-hybridized carbons (Fsp3) is 0.500. The zero-order valence-corrected chi connectivity index (χ0v) is 11.8. The molecule has 86 valence electrons. The van der Waals surface area contributed by atoms with Crippen molar-refractivity contribution in [1.29, 1.82) is 5.26 Å². The molecular formula is C14H21NSi.